The lowest BCUT2D eigenvalue weighted by atomic mass is 10.1. The van der Waals surface area contributed by atoms with Crippen molar-refractivity contribution in [2.24, 2.45) is 4.99 Å². The molecule has 0 saturated carbocycles. The van der Waals surface area contributed by atoms with E-state index in [0.29, 0.717) is 0 Å². The minimum Gasteiger partial charge on any atom is -0.253 e. The number of aliphatic imine (C=N–C) groups is 1. The normalized spacial score (nSPS) is 11.7. The largest absolute Gasteiger partial charge is 0.253 e. The van der Waals surface area contributed by atoms with Crippen molar-refractivity contribution >= 4 is 38.9 Å². The van der Waals surface area contributed by atoms with Crippen molar-refractivity contribution in [1.29, 1.82) is 0 Å². The molecule has 1 nitrogen and oxygen atoms in total. The van der Waals surface area contributed by atoms with Crippen LogP contribution in [0.2, 0.25) is 5.02 Å². The Bertz CT molecular complexity index is 605. The van der Waals surface area contributed by atoms with Gasteiger partial charge < -0.3 is 0 Å². The van der Waals surface area contributed by atoms with E-state index in [1.807, 2.05) is 50.2 Å². The summed E-state index contributed by atoms with van der Waals surface area (Å²) in [6.07, 6.45) is 0. The topological polar surface area (TPSA) is 12.4 Å². The summed E-state index contributed by atoms with van der Waals surface area (Å²) >= 11 is 9.46. The predicted octanol–water partition coefficient (Wildman–Crippen LogP) is 5.55. The predicted molar refractivity (Wildman–Crippen MR) is 82.2 cm³/mol. The molecule has 0 bridgehead atoms. The summed E-state index contributed by atoms with van der Waals surface area (Å²) < 4.78 is 1.03. The summed E-state index contributed by atoms with van der Waals surface area (Å²) in [6.45, 7) is 4.00. The second-order valence-corrected chi connectivity index (χ2v) is 5.46. The highest BCUT2D eigenvalue weighted by atomic mass is 79.9. The van der Waals surface area contributed by atoms with Gasteiger partial charge >= 0.3 is 0 Å². The molecule has 92 valence electrons. The lowest BCUT2D eigenvalue weighted by Crippen LogP contribution is -1.94. The summed E-state index contributed by atoms with van der Waals surface area (Å²) in [7, 11) is 0. The third-order valence-electron chi connectivity index (χ3n) is 2.68. The number of benzene rings is 2. The van der Waals surface area contributed by atoms with Crippen LogP contribution in [-0.2, 0) is 0 Å². The van der Waals surface area contributed by atoms with Gasteiger partial charge in [-0.2, -0.15) is 0 Å². The van der Waals surface area contributed by atoms with E-state index in [1.165, 1.54) is 0 Å². The average Bonchev–Trinajstić information content (AvgIpc) is 2.32. The highest BCUT2D eigenvalue weighted by molar-refractivity contribution is 9.10. The van der Waals surface area contributed by atoms with E-state index in [2.05, 4.69) is 27.0 Å². The Balaban J connectivity index is 2.35. The first kappa shape index (κ1) is 13.3. The maximum atomic E-state index is 6.02. The smallest absolute Gasteiger partial charge is 0.0644 e. The Morgan fingerprint density at radius 1 is 1.17 bits per heavy atom. The number of aryl methyl sites for hydroxylation is 1. The SMILES string of the molecule is C/C(=N/c1cccc(Br)c1)c1ccc(Cl)c(C)c1. The molecule has 0 heterocycles. The fraction of sp³-hybridized carbons (Fsp3) is 0.133. The van der Waals surface area contributed by atoms with Crippen molar-refractivity contribution in [2.45, 2.75) is 13.8 Å². The van der Waals surface area contributed by atoms with E-state index >= 15 is 0 Å². The average molecular weight is 323 g/mol. The van der Waals surface area contributed by atoms with Gasteiger partial charge in [0.05, 0.1) is 5.69 Å². The van der Waals surface area contributed by atoms with Gasteiger partial charge in [0.1, 0.15) is 0 Å². The third kappa shape index (κ3) is 3.21. The second-order valence-electron chi connectivity index (χ2n) is 4.14. The highest BCUT2D eigenvalue weighted by Gasteiger charge is 2.01. The van der Waals surface area contributed by atoms with Crippen molar-refractivity contribution in [3.05, 3.63) is 63.1 Å². The molecule has 0 amide bonds. The van der Waals surface area contributed by atoms with Crippen LogP contribution in [-0.4, -0.2) is 5.71 Å². The molecule has 2 rings (SSSR count). The van der Waals surface area contributed by atoms with Crippen LogP contribution in [0.4, 0.5) is 5.69 Å². The van der Waals surface area contributed by atoms with Gasteiger partial charge in [0.15, 0.2) is 0 Å². The van der Waals surface area contributed by atoms with Gasteiger partial charge in [0.2, 0.25) is 0 Å². The zero-order chi connectivity index (χ0) is 13.1. The zero-order valence-electron chi connectivity index (χ0n) is 10.2. The van der Waals surface area contributed by atoms with Gasteiger partial charge in [-0.1, -0.05) is 39.7 Å². The van der Waals surface area contributed by atoms with E-state index in [4.69, 9.17) is 11.6 Å². The van der Waals surface area contributed by atoms with Gasteiger partial charge in [0.25, 0.3) is 0 Å². The molecule has 2 aromatic carbocycles. The van der Waals surface area contributed by atoms with E-state index in [0.717, 1.165) is 32.0 Å². The van der Waals surface area contributed by atoms with Crippen molar-refractivity contribution < 1.29 is 0 Å². The summed E-state index contributed by atoms with van der Waals surface area (Å²) in [5.74, 6) is 0. The molecule has 3 heteroatoms. The quantitative estimate of drug-likeness (QED) is 0.643. The molecule has 0 spiro atoms. The minimum absolute atomic E-state index is 0.786. The van der Waals surface area contributed by atoms with Crippen LogP contribution in [0, 0.1) is 6.92 Å². The highest BCUT2D eigenvalue weighted by Crippen LogP contribution is 2.21. The second kappa shape index (κ2) is 5.68. The van der Waals surface area contributed by atoms with E-state index in [1.54, 1.807) is 0 Å². The van der Waals surface area contributed by atoms with Crippen LogP contribution in [0.15, 0.2) is 51.9 Å². The van der Waals surface area contributed by atoms with Crippen molar-refractivity contribution in [1.82, 2.24) is 0 Å². The fourth-order valence-electron chi connectivity index (χ4n) is 1.67. The van der Waals surface area contributed by atoms with Crippen LogP contribution < -0.4 is 0 Å². The number of nitrogens with zero attached hydrogens (tertiary/aromatic N) is 1. The first-order valence-corrected chi connectivity index (χ1v) is 6.81. The molecule has 0 atom stereocenters. The number of rotatable bonds is 2. The van der Waals surface area contributed by atoms with Crippen molar-refractivity contribution in [2.75, 3.05) is 0 Å². The van der Waals surface area contributed by atoms with Gasteiger partial charge in [-0.05, 0) is 55.3 Å². The molecule has 0 aromatic heterocycles. The number of hydrogen-bond acceptors (Lipinski definition) is 1. The molecule has 0 radical (unpaired) electrons. The monoisotopic (exact) mass is 321 g/mol. The Labute approximate surface area is 121 Å². The standard InChI is InChI=1S/C15H13BrClN/c1-10-8-12(6-7-15(10)17)11(2)18-14-5-3-4-13(16)9-14/h3-9H,1-2H3/b18-11-. The Kier molecular flexibility index (Phi) is 4.20. The molecule has 0 aliphatic rings. The number of halogens is 2. The number of hydrogen-bond donors (Lipinski definition) is 0. The van der Waals surface area contributed by atoms with Gasteiger partial charge in [0, 0.05) is 15.2 Å². The van der Waals surface area contributed by atoms with Gasteiger partial charge in [-0.15, -0.1) is 0 Å². The lowest BCUT2D eigenvalue weighted by Gasteiger charge is -2.04. The van der Waals surface area contributed by atoms with Crippen molar-refractivity contribution in [3.63, 3.8) is 0 Å². The zero-order valence-corrected chi connectivity index (χ0v) is 12.6. The van der Waals surface area contributed by atoms with Crippen LogP contribution in [0.1, 0.15) is 18.1 Å². The van der Waals surface area contributed by atoms with Crippen molar-refractivity contribution in [3.8, 4) is 0 Å². The summed E-state index contributed by atoms with van der Waals surface area (Å²) in [4.78, 5) is 4.60. The molecule has 2 aromatic rings. The van der Waals surface area contributed by atoms with Gasteiger partial charge in [-0.25, -0.2) is 0 Å². The summed E-state index contributed by atoms with van der Waals surface area (Å²) in [5.41, 5.74) is 4.08. The maximum Gasteiger partial charge on any atom is 0.0644 e. The van der Waals surface area contributed by atoms with E-state index in [9.17, 15) is 0 Å². The molecule has 0 unspecified atom stereocenters. The molecule has 0 aliphatic heterocycles. The first-order valence-electron chi connectivity index (χ1n) is 5.63. The van der Waals surface area contributed by atoms with E-state index < -0.39 is 0 Å². The first-order chi connectivity index (χ1) is 8.56. The molecule has 0 fully saturated rings. The summed E-state index contributed by atoms with van der Waals surface area (Å²) in [5, 5.41) is 0.786. The maximum absolute atomic E-state index is 6.02. The van der Waals surface area contributed by atoms with Crippen LogP contribution in [0.3, 0.4) is 0 Å². The molecule has 0 saturated heterocycles. The van der Waals surface area contributed by atoms with Gasteiger partial charge in [-0.3, -0.25) is 4.99 Å². The molecular weight excluding hydrogens is 310 g/mol. The third-order valence-corrected chi connectivity index (χ3v) is 3.60. The van der Waals surface area contributed by atoms with Crippen LogP contribution in [0.5, 0.6) is 0 Å². The lowest BCUT2D eigenvalue weighted by molar-refractivity contribution is 1.42. The Morgan fingerprint density at radius 2 is 1.94 bits per heavy atom. The molecule has 0 N–H and O–H groups in total. The molecule has 18 heavy (non-hydrogen) atoms. The Hall–Kier alpha value is -1.12. The molecular formula is C15H13BrClN. The minimum atomic E-state index is 0.786. The van der Waals surface area contributed by atoms with Crippen LogP contribution >= 0.6 is 27.5 Å². The fourth-order valence-corrected chi connectivity index (χ4v) is 2.18. The van der Waals surface area contributed by atoms with Crippen LogP contribution in [0.25, 0.3) is 0 Å². The van der Waals surface area contributed by atoms with E-state index in [-0.39, 0.29) is 0 Å². The molecule has 0 aliphatic carbocycles. The summed E-state index contributed by atoms with van der Waals surface area (Å²) in [6, 6.07) is 13.9. The Morgan fingerprint density at radius 3 is 2.61 bits per heavy atom.